The summed E-state index contributed by atoms with van der Waals surface area (Å²) in [5.41, 5.74) is 7.02. The zero-order chi connectivity index (χ0) is 8.72. The van der Waals surface area contributed by atoms with Gasteiger partial charge in [0.2, 0.25) is 0 Å². The highest BCUT2D eigenvalue weighted by Gasteiger charge is 2.22. The van der Waals surface area contributed by atoms with E-state index in [4.69, 9.17) is 28.9 Å². The fourth-order valence-electron chi connectivity index (χ4n) is 1.54. The van der Waals surface area contributed by atoms with Crippen LogP contribution in [0.2, 0.25) is 9.36 Å². The van der Waals surface area contributed by atoms with E-state index >= 15 is 0 Å². The molecular weight excluding hydrogens is 249 g/mol. The third kappa shape index (κ3) is 2.13. The summed E-state index contributed by atoms with van der Waals surface area (Å²) < 4.78 is 0.718. The summed E-state index contributed by atoms with van der Waals surface area (Å²) in [5.74, 6) is 0. The average molecular weight is 259 g/mol. The Morgan fingerprint density at radius 1 is 1.38 bits per heavy atom. The van der Waals surface area contributed by atoms with Gasteiger partial charge in [0, 0.05) is 10.9 Å². The van der Waals surface area contributed by atoms with Crippen LogP contribution in [0.25, 0.3) is 0 Å². The normalized spacial score (nSPS) is 20.7. The summed E-state index contributed by atoms with van der Waals surface area (Å²) in [6.45, 7) is 0. The summed E-state index contributed by atoms with van der Waals surface area (Å²) in [7, 11) is 0. The highest BCUT2D eigenvalue weighted by Crippen LogP contribution is 2.40. The second kappa shape index (κ2) is 4.37. The maximum absolute atomic E-state index is 6.01. The quantitative estimate of drug-likeness (QED) is 0.759. The molecule has 0 aromatic carbocycles. The van der Waals surface area contributed by atoms with E-state index < -0.39 is 0 Å². The smallest absolute Gasteiger partial charge is 0.112 e. The number of fused-ring (bicyclic) bond motifs is 1. The van der Waals surface area contributed by atoms with E-state index in [0.29, 0.717) is 0 Å². The lowest BCUT2D eigenvalue weighted by Gasteiger charge is -2.17. The Kier molecular flexibility index (Phi) is 3.90. The van der Waals surface area contributed by atoms with Crippen LogP contribution in [0.3, 0.4) is 0 Å². The minimum Gasteiger partial charge on any atom is -0.327 e. The highest BCUT2D eigenvalue weighted by molar-refractivity contribution is 7.17. The summed E-state index contributed by atoms with van der Waals surface area (Å²) in [5, 5.41) is 0.729. The van der Waals surface area contributed by atoms with Crippen LogP contribution in [0, 0.1) is 0 Å². The molecule has 2 rings (SSSR count). The molecule has 1 aliphatic rings. The van der Waals surface area contributed by atoms with Gasteiger partial charge in [0.15, 0.2) is 0 Å². The van der Waals surface area contributed by atoms with Gasteiger partial charge in [0.05, 0.1) is 5.02 Å². The number of nitrogens with two attached hydrogens (primary N) is 1. The lowest BCUT2D eigenvalue weighted by molar-refractivity contribution is 0.583. The number of hydrogen-bond acceptors (Lipinski definition) is 2. The lowest BCUT2D eigenvalue weighted by Crippen LogP contribution is -2.26. The number of rotatable bonds is 0. The fraction of sp³-hybridized carbons (Fsp3) is 0.500. The first-order valence-electron chi connectivity index (χ1n) is 3.89. The van der Waals surface area contributed by atoms with Gasteiger partial charge in [-0.2, -0.15) is 0 Å². The molecule has 1 unspecified atom stereocenters. The van der Waals surface area contributed by atoms with Crippen molar-refractivity contribution in [2.24, 2.45) is 5.73 Å². The lowest BCUT2D eigenvalue weighted by atomic mass is 9.95. The Labute approximate surface area is 97.6 Å². The van der Waals surface area contributed by atoms with Crippen molar-refractivity contribution in [3.63, 3.8) is 0 Å². The van der Waals surface area contributed by atoms with Crippen LogP contribution in [-0.4, -0.2) is 6.04 Å². The molecule has 0 fully saturated rings. The predicted octanol–water partition coefficient (Wildman–Crippen LogP) is 3.29. The molecule has 0 aliphatic heterocycles. The summed E-state index contributed by atoms with van der Waals surface area (Å²) in [6.07, 6.45) is 2.98. The minimum atomic E-state index is 0. The van der Waals surface area contributed by atoms with Crippen LogP contribution in [0.1, 0.15) is 16.9 Å². The molecule has 1 atom stereocenters. The molecule has 13 heavy (non-hydrogen) atoms. The number of thiophene rings is 1. The van der Waals surface area contributed by atoms with Gasteiger partial charge in [0.25, 0.3) is 0 Å². The Bertz CT molecular complexity index is 311. The van der Waals surface area contributed by atoms with Crippen molar-refractivity contribution in [3.05, 3.63) is 19.8 Å². The fourth-order valence-corrected chi connectivity index (χ4v) is 3.26. The van der Waals surface area contributed by atoms with E-state index in [-0.39, 0.29) is 18.4 Å². The molecule has 5 heteroatoms. The molecule has 1 aliphatic carbocycles. The third-order valence-corrected chi connectivity index (χ3v) is 4.32. The molecular formula is C8H10Cl3NS. The maximum atomic E-state index is 6.01. The highest BCUT2D eigenvalue weighted by atomic mass is 35.5. The van der Waals surface area contributed by atoms with E-state index in [1.807, 2.05) is 0 Å². The summed E-state index contributed by atoms with van der Waals surface area (Å²) in [6, 6.07) is 0.265. The van der Waals surface area contributed by atoms with Crippen LogP contribution in [0.5, 0.6) is 0 Å². The molecule has 0 radical (unpaired) electrons. The van der Waals surface area contributed by atoms with Crippen molar-refractivity contribution in [3.8, 4) is 0 Å². The van der Waals surface area contributed by atoms with E-state index in [2.05, 4.69) is 0 Å². The first-order chi connectivity index (χ1) is 5.68. The Balaban J connectivity index is 0.000000845. The van der Waals surface area contributed by atoms with Crippen molar-refractivity contribution >= 4 is 46.9 Å². The molecule has 0 amide bonds. The third-order valence-electron chi connectivity index (χ3n) is 2.20. The Hall–Kier alpha value is 0.530. The second-order valence-electron chi connectivity index (χ2n) is 3.09. The Morgan fingerprint density at radius 2 is 2.08 bits per heavy atom. The van der Waals surface area contributed by atoms with Crippen molar-refractivity contribution in [1.82, 2.24) is 0 Å². The molecule has 1 heterocycles. The van der Waals surface area contributed by atoms with E-state index in [1.54, 1.807) is 11.3 Å². The van der Waals surface area contributed by atoms with Crippen molar-refractivity contribution in [1.29, 1.82) is 0 Å². The van der Waals surface area contributed by atoms with Gasteiger partial charge in [-0.1, -0.05) is 23.2 Å². The van der Waals surface area contributed by atoms with Crippen molar-refractivity contribution in [2.75, 3.05) is 0 Å². The standard InChI is InChI=1S/C8H9Cl2NS.ClH/c9-7-5-3-4(11)1-2-6(5)12-8(7)10;/h4H,1-3,11H2;1H. The van der Waals surface area contributed by atoms with Gasteiger partial charge in [-0.05, 0) is 24.8 Å². The molecule has 1 aromatic rings. The zero-order valence-corrected chi connectivity index (χ0v) is 9.99. The molecule has 0 saturated heterocycles. The molecule has 1 nitrogen and oxygen atoms in total. The monoisotopic (exact) mass is 257 g/mol. The minimum absolute atomic E-state index is 0. The van der Waals surface area contributed by atoms with Crippen molar-refractivity contribution in [2.45, 2.75) is 25.3 Å². The van der Waals surface area contributed by atoms with Crippen LogP contribution < -0.4 is 5.73 Å². The molecule has 2 N–H and O–H groups in total. The maximum Gasteiger partial charge on any atom is 0.112 e. The van der Waals surface area contributed by atoms with Crippen LogP contribution in [0.4, 0.5) is 0 Å². The Morgan fingerprint density at radius 3 is 2.77 bits per heavy atom. The molecule has 0 spiro atoms. The van der Waals surface area contributed by atoms with Gasteiger partial charge in [-0.15, -0.1) is 23.7 Å². The summed E-state index contributed by atoms with van der Waals surface area (Å²) in [4.78, 5) is 1.33. The second-order valence-corrected chi connectivity index (χ2v) is 5.18. The van der Waals surface area contributed by atoms with Gasteiger partial charge in [-0.25, -0.2) is 0 Å². The van der Waals surface area contributed by atoms with Gasteiger partial charge in [0.1, 0.15) is 4.34 Å². The van der Waals surface area contributed by atoms with Gasteiger partial charge < -0.3 is 5.73 Å². The predicted molar refractivity (Wildman–Crippen MR) is 61.6 cm³/mol. The summed E-state index contributed by atoms with van der Waals surface area (Å²) >= 11 is 13.5. The molecule has 74 valence electrons. The molecule has 0 bridgehead atoms. The topological polar surface area (TPSA) is 26.0 Å². The molecule has 1 aromatic heterocycles. The van der Waals surface area contributed by atoms with Crippen LogP contribution >= 0.6 is 46.9 Å². The number of aryl methyl sites for hydroxylation is 1. The van der Waals surface area contributed by atoms with E-state index in [0.717, 1.165) is 28.6 Å². The average Bonchev–Trinajstić information content (AvgIpc) is 2.31. The van der Waals surface area contributed by atoms with E-state index in [1.165, 1.54) is 10.4 Å². The van der Waals surface area contributed by atoms with E-state index in [9.17, 15) is 0 Å². The number of halogens is 3. The largest absolute Gasteiger partial charge is 0.327 e. The van der Waals surface area contributed by atoms with Gasteiger partial charge >= 0.3 is 0 Å². The molecule has 0 saturated carbocycles. The first-order valence-corrected chi connectivity index (χ1v) is 5.47. The van der Waals surface area contributed by atoms with Gasteiger partial charge in [-0.3, -0.25) is 0 Å². The zero-order valence-electron chi connectivity index (χ0n) is 6.85. The first kappa shape index (κ1) is 11.6. The van der Waals surface area contributed by atoms with Crippen molar-refractivity contribution < 1.29 is 0 Å². The van der Waals surface area contributed by atoms with Crippen LogP contribution in [-0.2, 0) is 12.8 Å². The SMILES string of the molecule is Cl.NC1CCc2sc(Cl)c(Cl)c2C1. The van der Waals surface area contributed by atoms with Crippen LogP contribution in [0.15, 0.2) is 0 Å². The number of hydrogen-bond donors (Lipinski definition) is 1.